The van der Waals surface area contributed by atoms with Crippen molar-refractivity contribution in [2.24, 2.45) is 0 Å². The molecule has 0 fully saturated rings. The molecule has 0 radical (unpaired) electrons. The van der Waals surface area contributed by atoms with Crippen molar-refractivity contribution in [3.8, 4) is 5.69 Å². The lowest BCUT2D eigenvalue weighted by Crippen LogP contribution is -2.22. The lowest BCUT2D eigenvalue weighted by molar-refractivity contribution is 0.581. The first kappa shape index (κ1) is 12.8. The van der Waals surface area contributed by atoms with Crippen LogP contribution >= 0.6 is 0 Å². The highest BCUT2D eigenvalue weighted by Crippen LogP contribution is 2.17. The van der Waals surface area contributed by atoms with Gasteiger partial charge in [-0.15, -0.1) is 0 Å². The summed E-state index contributed by atoms with van der Waals surface area (Å²) in [6.45, 7) is 5.03. The highest BCUT2D eigenvalue weighted by Gasteiger charge is 2.05. The highest BCUT2D eigenvalue weighted by molar-refractivity contribution is 5.80. The second kappa shape index (κ2) is 5.43. The topological polar surface area (TPSA) is 42.7 Å². The van der Waals surface area contributed by atoms with Crippen molar-refractivity contribution in [3.63, 3.8) is 0 Å². The maximum Gasteiger partial charge on any atom is 0.0741 e. The van der Waals surface area contributed by atoms with Crippen molar-refractivity contribution in [1.29, 1.82) is 0 Å². The van der Waals surface area contributed by atoms with E-state index in [1.165, 1.54) is 0 Å². The van der Waals surface area contributed by atoms with Crippen LogP contribution in [0.5, 0.6) is 0 Å². The van der Waals surface area contributed by atoms with E-state index < -0.39 is 0 Å². The molecule has 0 amide bonds. The van der Waals surface area contributed by atoms with E-state index in [0.717, 1.165) is 28.8 Å². The number of aromatic nitrogens is 3. The van der Waals surface area contributed by atoms with Crippen LogP contribution in [-0.2, 0) is 6.54 Å². The molecule has 0 aliphatic heterocycles. The van der Waals surface area contributed by atoms with E-state index in [2.05, 4.69) is 47.4 Å². The van der Waals surface area contributed by atoms with Gasteiger partial charge in [0.1, 0.15) is 0 Å². The van der Waals surface area contributed by atoms with Gasteiger partial charge in [-0.05, 0) is 18.2 Å². The second-order valence-electron chi connectivity index (χ2n) is 5.16. The van der Waals surface area contributed by atoms with Gasteiger partial charge in [0, 0.05) is 24.2 Å². The first-order chi connectivity index (χ1) is 9.74. The van der Waals surface area contributed by atoms with Crippen molar-refractivity contribution in [1.82, 2.24) is 20.1 Å². The summed E-state index contributed by atoms with van der Waals surface area (Å²) in [5.74, 6) is 0. The van der Waals surface area contributed by atoms with Crippen molar-refractivity contribution >= 4 is 10.9 Å². The molecule has 20 heavy (non-hydrogen) atoms. The zero-order valence-electron chi connectivity index (χ0n) is 11.7. The van der Waals surface area contributed by atoms with E-state index in [4.69, 9.17) is 0 Å². The number of hydrogen-bond donors (Lipinski definition) is 1. The Bertz CT molecular complexity index is 715. The van der Waals surface area contributed by atoms with E-state index >= 15 is 0 Å². The molecule has 102 valence electrons. The molecule has 2 heterocycles. The van der Waals surface area contributed by atoms with Crippen LogP contribution in [0.15, 0.2) is 48.8 Å². The van der Waals surface area contributed by atoms with Crippen molar-refractivity contribution in [3.05, 3.63) is 54.5 Å². The predicted octanol–water partition coefficient (Wildman–Crippen LogP) is 2.92. The number of para-hydroxylation sites is 1. The molecule has 3 rings (SSSR count). The number of nitrogens with one attached hydrogen (secondary N) is 1. The van der Waals surface area contributed by atoms with Gasteiger partial charge in [-0.25, -0.2) is 4.68 Å². The number of fused-ring (bicyclic) bond motifs is 1. The first-order valence-electron chi connectivity index (χ1n) is 6.85. The van der Waals surface area contributed by atoms with E-state index in [1.807, 2.05) is 35.3 Å². The van der Waals surface area contributed by atoms with Crippen LogP contribution in [0, 0.1) is 0 Å². The van der Waals surface area contributed by atoms with Gasteiger partial charge in [-0.3, -0.25) is 4.98 Å². The average Bonchev–Trinajstić information content (AvgIpc) is 2.89. The Morgan fingerprint density at radius 2 is 2.05 bits per heavy atom. The fourth-order valence-corrected chi connectivity index (χ4v) is 2.18. The van der Waals surface area contributed by atoms with Gasteiger partial charge < -0.3 is 5.32 Å². The summed E-state index contributed by atoms with van der Waals surface area (Å²) in [5, 5.41) is 8.99. The Balaban J connectivity index is 1.95. The molecule has 1 aromatic carbocycles. The summed E-state index contributed by atoms with van der Waals surface area (Å²) < 4.78 is 1.95. The van der Waals surface area contributed by atoms with Crippen molar-refractivity contribution < 1.29 is 0 Å². The SMILES string of the molecule is CC(C)NCc1cc(-n2ncc3ccccc32)ccn1. The summed E-state index contributed by atoms with van der Waals surface area (Å²) in [7, 11) is 0. The second-order valence-corrected chi connectivity index (χ2v) is 5.16. The normalized spacial score (nSPS) is 11.3. The number of benzene rings is 1. The van der Waals surface area contributed by atoms with Crippen LogP contribution in [0.4, 0.5) is 0 Å². The minimum Gasteiger partial charge on any atom is -0.309 e. The molecule has 1 N–H and O–H groups in total. The van der Waals surface area contributed by atoms with Crippen LogP contribution in [0.3, 0.4) is 0 Å². The van der Waals surface area contributed by atoms with Gasteiger partial charge in [0.25, 0.3) is 0 Å². The monoisotopic (exact) mass is 266 g/mol. The Hall–Kier alpha value is -2.20. The van der Waals surface area contributed by atoms with Gasteiger partial charge in [0.15, 0.2) is 0 Å². The molecule has 0 unspecified atom stereocenters. The molecule has 0 saturated carbocycles. The maximum atomic E-state index is 4.47. The van der Waals surface area contributed by atoms with Crippen molar-refractivity contribution in [2.75, 3.05) is 0 Å². The molecule has 0 atom stereocenters. The fourth-order valence-electron chi connectivity index (χ4n) is 2.18. The zero-order chi connectivity index (χ0) is 13.9. The smallest absolute Gasteiger partial charge is 0.0741 e. The number of nitrogens with zero attached hydrogens (tertiary/aromatic N) is 3. The minimum atomic E-state index is 0.450. The first-order valence-corrected chi connectivity index (χ1v) is 6.85. The highest BCUT2D eigenvalue weighted by atomic mass is 15.3. The Kier molecular flexibility index (Phi) is 3.48. The van der Waals surface area contributed by atoms with Crippen LogP contribution in [0.1, 0.15) is 19.5 Å². The average molecular weight is 266 g/mol. The summed E-state index contributed by atoms with van der Waals surface area (Å²) in [6, 6.07) is 12.7. The number of pyridine rings is 1. The summed E-state index contributed by atoms with van der Waals surface area (Å²) in [6.07, 6.45) is 3.73. The molecule has 3 aromatic rings. The summed E-state index contributed by atoms with van der Waals surface area (Å²) in [4.78, 5) is 4.40. The third kappa shape index (κ3) is 2.56. The Labute approximate surface area is 118 Å². The van der Waals surface area contributed by atoms with Crippen molar-refractivity contribution in [2.45, 2.75) is 26.4 Å². The molecule has 0 saturated heterocycles. The quantitative estimate of drug-likeness (QED) is 0.789. The molecule has 2 aromatic heterocycles. The molecule has 0 aliphatic carbocycles. The molecule has 0 spiro atoms. The largest absolute Gasteiger partial charge is 0.309 e. The van der Waals surface area contributed by atoms with Crippen LogP contribution in [0.25, 0.3) is 16.6 Å². The molecule has 0 aliphatic rings. The predicted molar refractivity (Wildman–Crippen MR) is 80.8 cm³/mol. The maximum absolute atomic E-state index is 4.47. The molecule has 4 nitrogen and oxygen atoms in total. The van der Waals surface area contributed by atoms with Gasteiger partial charge >= 0.3 is 0 Å². The van der Waals surface area contributed by atoms with Gasteiger partial charge in [-0.2, -0.15) is 5.10 Å². The lowest BCUT2D eigenvalue weighted by Gasteiger charge is -2.09. The number of hydrogen-bond acceptors (Lipinski definition) is 3. The van der Waals surface area contributed by atoms with Gasteiger partial charge in [-0.1, -0.05) is 32.0 Å². The minimum absolute atomic E-state index is 0.450. The molecule has 0 bridgehead atoms. The van der Waals surface area contributed by atoms with Crippen LogP contribution in [0.2, 0.25) is 0 Å². The third-order valence-corrected chi connectivity index (χ3v) is 3.21. The Morgan fingerprint density at radius 3 is 2.90 bits per heavy atom. The zero-order valence-corrected chi connectivity index (χ0v) is 11.7. The van der Waals surface area contributed by atoms with E-state index in [0.29, 0.717) is 6.04 Å². The van der Waals surface area contributed by atoms with E-state index in [1.54, 1.807) is 0 Å². The summed E-state index contributed by atoms with van der Waals surface area (Å²) in [5.41, 5.74) is 3.18. The lowest BCUT2D eigenvalue weighted by atomic mass is 10.2. The van der Waals surface area contributed by atoms with E-state index in [9.17, 15) is 0 Å². The molecule has 4 heteroatoms. The third-order valence-electron chi connectivity index (χ3n) is 3.21. The van der Waals surface area contributed by atoms with Crippen LogP contribution in [-0.4, -0.2) is 20.8 Å². The van der Waals surface area contributed by atoms with Gasteiger partial charge in [0.2, 0.25) is 0 Å². The Morgan fingerprint density at radius 1 is 1.20 bits per heavy atom. The fraction of sp³-hybridized carbons (Fsp3) is 0.250. The molecular weight excluding hydrogens is 248 g/mol. The van der Waals surface area contributed by atoms with Gasteiger partial charge in [0.05, 0.1) is 23.1 Å². The summed E-state index contributed by atoms with van der Waals surface area (Å²) >= 11 is 0. The van der Waals surface area contributed by atoms with E-state index in [-0.39, 0.29) is 0 Å². The standard InChI is InChI=1S/C16H18N4/c1-12(2)18-11-14-9-15(7-8-17-14)20-16-6-4-3-5-13(16)10-19-20/h3-10,12,18H,11H2,1-2H3. The molecular formula is C16H18N4. The number of rotatable bonds is 4. The van der Waals surface area contributed by atoms with Crippen LogP contribution < -0.4 is 5.32 Å².